The standard InChI is InChI=1S/C22H27N3O2/c1-14(2)9-8-10-15(3)23-21(26)18-13-16(4)24-22-19(18)20(25-27-22)17-11-6-5-7-12-17/h5-7,11-15H,8-10H2,1-4H3,(H,23,26)/t15-/m0/s1. The third kappa shape index (κ3) is 4.54. The molecule has 0 radical (unpaired) electrons. The monoisotopic (exact) mass is 365 g/mol. The first-order valence-electron chi connectivity index (χ1n) is 9.59. The highest BCUT2D eigenvalue weighted by Gasteiger charge is 2.21. The molecular formula is C22H27N3O2. The smallest absolute Gasteiger partial charge is 0.259 e. The highest BCUT2D eigenvalue weighted by Crippen LogP contribution is 2.30. The van der Waals surface area contributed by atoms with Gasteiger partial charge in [-0.1, -0.05) is 62.2 Å². The number of aromatic nitrogens is 2. The number of amides is 1. The molecular weight excluding hydrogens is 338 g/mol. The van der Waals surface area contributed by atoms with Crippen LogP contribution in [-0.4, -0.2) is 22.1 Å². The Morgan fingerprint density at radius 1 is 1.15 bits per heavy atom. The molecule has 27 heavy (non-hydrogen) atoms. The summed E-state index contributed by atoms with van der Waals surface area (Å²) in [5, 5.41) is 7.97. The van der Waals surface area contributed by atoms with Crippen LogP contribution in [0.3, 0.4) is 0 Å². The van der Waals surface area contributed by atoms with Crippen LogP contribution in [0.25, 0.3) is 22.4 Å². The zero-order chi connectivity index (χ0) is 19.4. The van der Waals surface area contributed by atoms with E-state index < -0.39 is 0 Å². The topological polar surface area (TPSA) is 68.0 Å². The summed E-state index contributed by atoms with van der Waals surface area (Å²) in [6.07, 6.45) is 3.24. The SMILES string of the molecule is Cc1cc(C(=O)N[C@@H](C)CCCC(C)C)c2c(-c3ccccc3)noc2n1. The number of hydrogen-bond donors (Lipinski definition) is 1. The summed E-state index contributed by atoms with van der Waals surface area (Å²) in [5.41, 5.74) is 3.24. The second kappa shape index (κ2) is 8.33. The summed E-state index contributed by atoms with van der Waals surface area (Å²) in [6.45, 7) is 8.34. The van der Waals surface area contributed by atoms with Gasteiger partial charge in [0, 0.05) is 17.3 Å². The van der Waals surface area contributed by atoms with E-state index in [1.54, 1.807) is 0 Å². The van der Waals surface area contributed by atoms with E-state index in [0.717, 1.165) is 24.1 Å². The maximum atomic E-state index is 13.0. The number of carbonyl (C=O) groups is 1. The molecule has 0 saturated heterocycles. The number of nitrogens with one attached hydrogen (secondary N) is 1. The normalized spacial score (nSPS) is 12.5. The van der Waals surface area contributed by atoms with Crippen molar-refractivity contribution < 1.29 is 9.32 Å². The van der Waals surface area contributed by atoms with Crippen molar-refractivity contribution in [1.82, 2.24) is 15.5 Å². The molecule has 142 valence electrons. The first-order chi connectivity index (χ1) is 13.0. The van der Waals surface area contributed by atoms with Crippen molar-refractivity contribution >= 4 is 17.0 Å². The first-order valence-corrected chi connectivity index (χ1v) is 9.59. The van der Waals surface area contributed by atoms with Crippen LogP contribution in [0.5, 0.6) is 0 Å². The molecule has 0 unspecified atom stereocenters. The van der Waals surface area contributed by atoms with Crippen molar-refractivity contribution in [3.05, 3.63) is 47.7 Å². The number of benzene rings is 1. The van der Waals surface area contributed by atoms with Gasteiger partial charge >= 0.3 is 0 Å². The Hall–Kier alpha value is -2.69. The van der Waals surface area contributed by atoms with Crippen LogP contribution in [0.1, 0.15) is 56.1 Å². The number of hydrogen-bond acceptors (Lipinski definition) is 4. The Morgan fingerprint density at radius 3 is 2.59 bits per heavy atom. The Kier molecular flexibility index (Phi) is 5.89. The number of pyridine rings is 1. The van der Waals surface area contributed by atoms with Gasteiger partial charge in [0.1, 0.15) is 5.69 Å². The van der Waals surface area contributed by atoms with E-state index in [-0.39, 0.29) is 11.9 Å². The van der Waals surface area contributed by atoms with Crippen LogP contribution in [0.2, 0.25) is 0 Å². The van der Waals surface area contributed by atoms with Gasteiger partial charge in [0.25, 0.3) is 11.6 Å². The summed E-state index contributed by atoms with van der Waals surface area (Å²) >= 11 is 0. The highest BCUT2D eigenvalue weighted by atomic mass is 16.5. The van der Waals surface area contributed by atoms with E-state index in [4.69, 9.17) is 4.52 Å². The minimum absolute atomic E-state index is 0.108. The maximum absolute atomic E-state index is 13.0. The van der Waals surface area contributed by atoms with E-state index in [2.05, 4.69) is 36.2 Å². The second-order valence-electron chi connectivity index (χ2n) is 7.59. The van der Waals surface area contributed by atoms with Gasteiger partial charge in [-0.25, -0.2) is 4.98 Å². The van der Waals surface area contributed by atoms with Crippen LogP contribution in [0, 0.1) is 12.8 Å². The van der Waals surface area contributed by atoms with Gasteiger partial charge in [-0.05, 0) is 32.3 Å². The van der Waals surface area contributed by atoms with Crippen molar-refractivity contribution in [3.8, 4) is 11.3 Å². The molecule has 0 spiro atoms. The first kappa shape index (κ1) is 19.1. The molecule has 3 aromatic rings. The number of nitrogens with zero attached hydrogens (tertiary/aromatic N) is 2. The van der Waals surface area contributed by atoms with E-state index >= 15 is 0 Å². The van der Waals surface area contributed by atoms with E-state index in [9.17, 15) is 4.79 Å². The Labute approximate surface area is 160 Å². The Bertz CT molecular complexity index is 916. The largest absolute Gasteiger partial charge is 0.350 e. The van der Waals surface area contributed by atoms with Gasteiger partial charge in [0.05, 0.1) is 10.9 Å². The van der Waals surface area contributed by atoms with E-state index in [1.165, 1.54) is 6.42 Å². The molecule has 2 aromatic heterocycles. The lowest BCUT2D eigenvalue weighted by molar-refractivity contribution is 0.0939. The lowest BCUT2D eigenvalue weighted by atomic mass is 10.0. The molecule has 1 aromatic carbocycles. The fraction of sp³-hybridized carbons (Fsp3) is 0.409. The predicted octanol–water partition coefficient (Wildman–Crippen LogP) is 5.14. The van der Waals surface area contributed by atoms with Gasteiger partial charge in [0.15, 0.2) is 0 Å². The number of carbonyl (C=O) groups excluding carboxylic acids is 1. The molecule has 0 bridgehead atoms. The lowest BCUT2D eigenvalue weighted by Crippen LogP contribution is -2.32. The quantitative estimate of drug-likeness (QED) is 0.629. The van der Waals surface area contributed by atoms with Gasteiger partial charge in [-0.15, -0.1) is 0 Å². The Morgan fingerprint density at radius 2 is 1.89 bits per heavy atom. The van der Waals surface area contributed by atoms with Crippen LogP contribution >= 0.6 is 0 Å². The summed E-state index contributed by atoms with van der Waals surface area (Å²) in [5.74, 6) is 0.573. The zero-order valence-electron chi connectivity index (χ0n) is 16.5. The van der Waals surface area contributed by atoms with Gasteiger partial charge in [-0.3, -0.25) is 4.79 Å². The van der Waals surface area contributed by atoms with Crippen molar-refractivity contribution in [3.63, 3.8) is 0 Å². The van der Waals surface area contributed by atoms with Crippen molar-refractivity contribution in [1.29, 1.82) is 0 Å². The number of fused-ring (bicyclic) bond motifs is 1. The fourth-order valence-corrected chi connectivity index (χ4v) is 3.25. The molecule has 1 atom stereocenters. The molecule has 3 rings (SSSR count). The summed E-state index contributed by atoms with van der Waals surface area (Å²) < 4.78 is 5.43. The average Bonchev–Trinajstić information content (AvgIpc) is 3.05. The average molecular weight is 365 g/mol. The van der Waals surface area contributed by atoms with Crippen LogP contribution in [0.15, 0.2) is 40.9 Å². The van der Waals surface area contributed by atoms with E-state index in [1.807, 2.05) is 43.3 Å². The molecule has 0 saturated carbocycles. The summed E-state index contributed by atoms with van der Waals surface area (Å²) in [6, 6.07) is 11.6. The minimum atomic E-state index is -0.108. The van der Waals surface area contributed by atoms with E-state index in [0.29, 0.717) is 28.3 Å². The maximum Gasteiger partial charge on any atom is 0.259 e. The molecule has 0 aliphatic carbocycles. The van der Waals surface area contributed by atoms with Gasteiger partial charge < -0.3 is 9.84 Å². The third-order valence-corrected chi connectivity index (χ3v) is 4.66. The van der Waals surface area contributed by atoms with Gasteiger partial charge in [-0.2, -0.15) is 0 Å². The fourth-order valence-electron chi connectivity index (χ4n) is 3.25. The Balaban J connectivity index is 1.89. The van der Waals surface area contributed by atoms with Crippen molar-refractivity contribution in [2.45, 2.75) is 53.0 Å². The molecule has 0 aliphatic heterocycles. The zero-order valence-corrected chi connectivity index (χ0v) is 16.5. The van der Waals surface area contributed by atoms with Crippen molar-refractivity contribution in [2.24, 2.45) is 5.92 Å². The highest BCUT2D eigenvalue weighted by molar-refractivity contribution is 6.09. The molecule has 5 heteroatoms. The second-order valence-corrected chi connectivity index (χ2v) is 7.59. The minimum Gasteiger partial charge on any atom is -0.350 e. The van der Waals surface area contributed by atoms with Crippen LogP contribution in [0.4, 0.5) is 0 Å². The lowest BCUT2D eigenvalue weighted by Gasteiger charge is -2.15. The molecule has 5 nitrogen and oxygen atoms in total. The van der Waals surface area contributed by atoms with Gasteiger partial charge in [0.2, 0.25) is 0 Å². The van der Waals surface area contributed by atoms with Crippen LogP contribution < -0.4 is 5.32 Å². The summed E-state index contributed by atoms with van der Waals surface area (Å²) in [4.78, 5) is 17.4. The number of aryl methyl sites for hydroxylation is 1. The number of rotatable bonds is 7. The van der Waals surface area contributed by atoms with Crippen molar-refractivity contribution in [2.75, 3.05) is 0 Å². The molecule has 2 heterocycles. The molecule has 0 aliphatic rings. The predicted molar refractivity (Wildman–Crippen MR) is 108 cm³/mol. The molecule has 1 N–H and O–H groups in total. The summed E-state index contributed by atoms with van der Waals surface area (Å²) in [7, 11) is 0. The molecule has 1 amide bonds. The van der Waals surface area contributed by atoms with Crippen LogP contribution in [-0.2, 0) is 0 Å². The molecule has 0 fully saturated rings. The third-order valence-electron chi connectivity index (χ3n) is 4.66.